The third-order valence-electron chi connectivity index (χ3n) is 8.85. The maximum Gasteiger partial charge on any atom is 0.228 e. The van der Waals surface area contributed by atoms with E-state index in [4.69, 9.17) is 4.74 Å². The van der Waals surface area contributed by atoms with Gasteiger partial charge in [-0.3, -0.25) is 9.69 Å². The van der Waals surface area contributed by atoms with Crippen molar-refractivity contribution < 1.29 is 9.53 Å². The van der Waals surface area contributed by atoms with E-state index in [9.17, 15) is 4.79 Å². The van der Waals surface area contributed by atoms with Gasteiger partial charge in [0.25, 0.3) is 0 Å². The summed E-state index contributed by atoms with van der Waals surface area (Å²) in [7, 11) is 0. The van der Waals surface area contributed by atoms with Crippen molar-refractivity contribution in [3.05, 3.63) is 18.3 Å². The predicted molar refractivity (Wildman–Crippen MR) is 144 cm³/mol. The van der Waals surface area contributed by atoms with Crippen molar-refractivity contribution in [1.29, 1.82) is 0 Å². The number of aromatic nitrogens is 4. The van der Waals surface area contributed by atoms with Crippen LogP contribution in [0.25, 0.3) is 0 Å². The van der Waals surface area contributed by atoms with Crippen LogP contribution in [-0.2, 0) is 9.53 Å². The van der Waals surface area contributed by atoms with E-state index in [1.54, 1.807) is 6.20 Å². The first-order chi connectivity index (χ1) is 18.1. The van der Waals surface area contributed by atoms with Crippen LogP contribution in [0.1, 0.15) is 64.2 Å². The molecule has 1 amide bonds. The van der Waals surface area contributed by atoms with E-state index in [0.717, 1.165) is 43.5 Å². The maximum absolute atomic E-state index is 12.8. The van der Waals surface area contributed by atoms with E-state index in [0.29, 0.717) is 29.6 Å². The van der Waals surface area contributed by atoms with Crippen LogP contribution in [0.15, 0.2) is 18.3 Å². The molecular formula is C26H38N8O2S. The number of hydrogen-bond acceptors (Lipinski definition) is 10. The molecule has 37 heavy (non-hydrogen) atoms. The van der Waals surface area contributed by atoms with Crippen molar-refractivity contribution >= 4 is 33.3 Å². The molecule has 0 aromatic carbocycles. The highest BCUT2D eigenvalue weighted by atomic mass is 32.1. The lowest BCUT2D eigenvalue weighted by atomic mass is 9.71. The van der Waals surface area contributed by atoms with Crippen molar-refractivity contribution in [3.63, 3.8) is 0 Å². The second-order valence-corrected chi connectivity index (χ2v) is 12.2. The molecule has 0 unspecified atom stereocenters. The summed E-state index contributed by atoms with van der Waals surface area (Å²) >= 11 is 1.38. The van der Waals surface area contributed by atoms with E-state index in [-0.39, 0.29) is 18.1 Å². The van der Waals surface area contributed by atoms with Crippen molar-refractivity contribution in [1.82, 2.24) is 25.3 Å². The fraction of sp³-hybridized carbons (Fsp3) is 0.731. The van der Waals surface area contributed by atoms with Crippen LogP contribution in [0.4, 0.5) is 16.1 Å². The minimum absolute atomic E-state index is 0.0576. The molecule has 2 saturated heterocycles. The molecule has 4 fully saturated rings. The van der Waals surface area contributed by atoms with E-state index in [1.165, 1.54) is 62.7 Å². The molecule has 0 radical (unpaired) electrons. The normalized spacial score (nSPS) is 26.5. The Morgan fingerprint density at radius 1 is 1.05 bits per heavy atom. The van der Waals surface area contributed by atoms with Crippen LogP contribution in [0.2, 0.25) is 0 Å². The van der Waals surface area contributed by atoms with Gasteiger partial charge in [-0.05, 0) is 62.5 Å². The molecule has 0 bridgehead atoms. The van der Waals surface area contributed by atoms with E-state index in [1.807, 2.05) is 12.1 Å². The van der Waals surface area contributed by atoms with Crippen molar-refractivity contribution in [3.8, 4) is 0 Å². The zero-order valence-electron chi connectivity index (χ0n) is 21.5. The summed E-state index contributed by atoms with van der Waals surface area (Å²) in [5.41, 5.74) is 0.658. The summed E-state index contributed by atoms with van der Waals surface area (Å²) < 4.78 is 5.98. The number of carbonyl (C=O) groups is 1. The number of morpholine rings is 1. The Bertz CT molecular complexity index is 1040. The molecule has 2 aliphatic carbocycles. The third kappa shape index (κ3) is 6.04. The van der Waals surface area contributed by atoms with Gasteiger partial charge in [-0.2, -0.15) is 5.10 Å². The van der Waals surface area contributed by atoms with Crippen LogP contribution >= 0.6 is 11.3 Å². The van der Waals surface area contributed by atoms with Gasteiger partial charge in [-0.15, -0.1) is 15.3 Å². The highest BCUT2D eigenvalue weighted by Gasteiger charge is 2.39. The molecule has 2 N–H and O–H groups in total. The van der Waals surface area contributed by atoms with Crippen LogP contribution in [0.3, 0.4) is 0 Å². The Labute approximate surface area is 222 Å². The van der Waals surface area contributed by atoms with Gasteiger partial charge in [0, 0.05) is 44.5 Å². The molecule has 1 spiro atoms. The van der Waals surface area contributed by atoms with Crippen molar-refractivity contribution in [2.75, 3.05) is 48.3 Å². The number of nitrogens with one attached hydrogen (secondary N) is 2. The summed E-state index contributed by atoms with van der Waals surface area (Å²) in [6.07, 6.45) is 14.1. The average Bonchev–Trinajstić information content (AvgIpc) is 3.68. The first-order valence-corrected chi connectivity index (χ1v) is 14.7. The Hall–Kier alpha value is -2.37. The molecule has 2 atom stereocenters. The summed E-state index contributed by atoms with van der Waals surface area (Å²) in [6.45, 7) is 4.28. The zero-order chi connectivity index (χ0) is 25.1. The SMILES string of the molecule is O=C(C[C@H]1CN(C2CCC3(CCCC3)CC2)CCO1)Nc1nnc(N[C@@H]2CCN(c3cccnn3)C2)s1. The van der Waals surface area contributed by atoms with Crippen LogP contribution in [0, 0.1) is 5.41 Å². The molecule has 2 aliphatic heterocycles. The van der Waals surface area contributed by atoms with Gasteiger partial charge < -0.3 is 20.3 Å². The van der Waals surface area contributed by atoms with Gasteiger partial charge in [-0.1, -0.05) is 24.2 Å². The monoisotopic (exact) mass is 526 g/mol. The standard InChI is InChI=1S/C26H38N8O2S/c35-23(16-21-18-33(14-15-36-21)20-5-10-26(11-6-20)8-1-2-9-26)29-25-32-31-24(37-25)28-19-7-13-34(17-19)22-4-3-12-27-30-22/h3-4,12,19-21H,1-2,5-11,13-18H2,(H,28,31)(H,29,32,35)/t19-,21+/m1/s1. The molecule has 11 heteroatoms. The Morgan fingerprint density at radius 2 is 1.89 bits per heavy atom. The molecule has 2 aromatic heterocycles. The second-order valence-electron chi connectivity index (χ2n) is 11.2. The highest BCUT2D eigenvalue weighted by molar-refractivity contribution is 7.19. The summed E-state index contributed by atoms with van der Waals surface area (Å²) in [5.74, 6) is 0.833. The fourth-order valence-electron chi connectivity index (χ4n) is 6.83. The Balaban J connectivity index is 0.944. The highest BCUT2D eigenvalue weighted by Crippen LogP contribution is 2.49. The van der Waals surface area contributed by atoms with Gasteiger partial charge in [0.15, 0.2) is 5.82 Å². The molecule has 4 heterocycles. The largest absolute Gasteiger partial charge is 0.375 e. The molecule has 2 saturated carbocycles. The van der Waals surface area contributed by atoms with E-state index >= 15 is 0 Å². The zero-order valence-corrected chi connectivity index (χ0v) is 22.3. The van der Waals surface area contributed by atoms with E-state index < -0.39 is 0 Å². The van der Waals surface area contributed by atoms with Crippen LogP contribution in [-0.4, -0.2) is 82.2 Å². The van der Waals surface area contributed by atoms with Gasteiger partial charge in [-0.25, -0.2) is 0 Å². The third-order valence-corrected chi connectivity index (χ3v) is 9.62. The van der Waals surface area contributed by atoms with Crippen molar-refractivity contribution in [2.45, 2.75) is 82.4 Å². The molecule has 10 nitrogen and oxygen atoms in total. The number of nitrogens with zero attached hydrogens (tertiary/aromatic N) is 6. The minimum Gasteiger partial charge on any atom is -0.375 e. The average molecular weight is 527 g/mol. The number of hydrogen-bond donors (Lipinski definition) is 2. The fourth-order valence-corrected chi connectivity index (χ4v) is 7.57. The molecule has 6 rings (SSSR count). The van der Waals surface area contributed by atoms with Gasteiger partial charge in [0.05, 0.1) is 19.1 Å². The van der Waals surface area contributed by atoms with E-state index in [2.05, 4.69) is 40.8 Å². The number of anilines is 3. The number of carbonyl (C=O) groups excluding carboxylic acids is 1. The lowest BCUT2D eigenvalue weighted by Crippen LogP contribution is -2.50. The molecule has 2 aromatic rings. The summed E-state index contributed by atoms with van der Waals surface area (Å²) in [4.78, 5) is 17.6. The first-order valence-electron chi connectivity index (χ1n) is 13.9. The minimum atomic E-state index is -0.0628. The number of amides is 1. The summed E-state index contributed by atoms with van der Waals surface area (Å²) in [5, 5.41) is 24.2. The number of rotatable bonds is 7. The first kappa shape index (κ1) is 24.9. The smallest absolute Gasteiger partial charge is 0.228 e. The lowest BCUT2D eigenvalue weighted by molar-refractivity contribution is -0.122. The molecule has 4 aliphatic rings. The number of ether oxygens (including phenoxy) is 1. The summed E-state index contributed by atoms with van der Waals surface area (Å²) in [6, 6.07) is 4.78. The quantitative estimate of drug-likeness (QED) is 0.560. The maximum atomic E-state index is 12.8. The Morgan fingerprint density at radius 3 is 2.70 bits per heavy atom. The second kappa shape index (κ2) is 11.2. The van der Waals surface area contributed by atoms with Crippen molar-refractivity contribution in [2.24, 2.45) is 5.41 Å². The van der Waals surface area contributed by atoms with Gasteiger partial charge >= 0.3 is 0 Å². The van der Waals surface area contributed by atoms with Gasteiger partial charge in [0.2, 0.25) is 16.2 Å². The molecular weight excluding hydrogens is 488 g/mol. The predicted octanol–water partition coefficient (Wildman–Crippen LogP) is 3.55. The topological polar surface area (TPSA) is 108 Å². The Kier molecular flexibility index (Phi) is 7.53. The molecule has 200 valence electrons. The van der Waals surface area contributed by atoms with Crippen LogP contribution < -0.4 is 15.5 Å². The van der Waals surface area contributed by atoms with Gasteiger partial charge in [0.1, 0.15) is 0 Å². The lowest BCUT2D eigenvalue weighted by Gasteiger charge is -2.44. The van der Waals surface area contributed by atoms with Crippen LogP contribution in [0.5, 0.6) is 0 Å².